The summed E-state index contributed by atoms with van der Waals surface area (Å²) in [5.74, 6) is -0.972. The van der Waals surface area contributed by atoms with E-state index >= 15 is 0 Å². The maximum Gasteiger partial charge on any atom is 0.365 e. The average molecular weight is 349 g/mol. The van der Waals surface area contributed by atoms with Crippen LogP contribution in [-0.4, -0.2) is 29.8 Å². The van der Waals surface area contributed by atoms with Crippen molar-refractivity contribution in [3.8, 4) is 0 Å². The molecule has 0 aliphatic heterocycles. The Hall–Kier alpha value is -2.08. The highest BCUT2D eigenvalue weighted by Gasteiger charge is 2.44. The molecule has 126 valence electrons. The molecule has 8 heteroatoms. The van der Waals surface area contributed by atoms with Gasteiger partial charge in [0.1, 0.15) is 16.8 Å². The van der Waals surface area contributed by atoms with Crippen molar-refractivity contribution in [1.82, 2.24) is 4.98 Å². The van der Waals surface area contributed by atoms with Gasteiger partial charge in [-0.05, 0) is 32.9 Å². The molecule has 0 N–H and O–H groups in total. The summed E-state index contributed by atoms with van der Waals surface area (Å²) >= 11 is 0. The molecule has 0 bridgehead atoms. The standard InChI is InChI=1S/C16H16NO6P/c1-4-21-24(20,22-5-2)16-9(3)23-15-11(16)14(19)12-10(13(15)18)7-6-8-17-12/h6-8H,4-5H2,1-3H3. The smallest absolute Gasteiger partial charge is 0.365 e. The monoisotopic (exact) mass is 349 g/mol. The van der Waals surface area contributed by atoms with Gasteiger partial charge in [0.2, 0.25) is 11.6 Å². The molecule has 2 heterocycles. The number of hydrogen-bond donors (Lipinski definition) is 0. The second kappa shape index (κ2) is 6.09. The maximum atomic E-state index is 13.1. The zero-order valence-electron chi connectivity index (χ0n) is 13.5. The number of carbonyl (C=O) groups excluding carboxylic acids is 2. The first-order valence-corrected chi connectivity index (χ1v) is 9.06. The number of ketones is 2. The molecule has 24 heavy (non-hydrogen) atoms. The van der Waals surface area contributed by atoms with E-state index in [0.29, 0.717) is 0 Å². The molecule has 0 aromatic carbocycles. The average Bonchev–Trinajstić information content (AvgIpc) is 2.91. The minimum absolute atomic E-state index is 0.0100. The summed E-state index contributed by atoms with van der Waals surface area (Å²) in [5.41, 5.74) is 0.100. The van der Waals surface area contributed by atoms with Crippen molar-refractivity contribution in [2.75, 3.05) is 13.2 Å². The van der Waals surface area contributed by atoms with E-state index in [1.54, 1.807) is 19.9 Å². The predicted octanol–water partition coefficient (Wildman–Crippen LogP) is 2.65. The van der Waals surface area contributed by atoms with E-state index in [4.69, 9.17) is 13.5 Å². The molecule has 1 aliphatic rings. The second-order valence-electron chi connectivity index (χ2n) is 5.10. The Balaban J connectivity index is 2.27. The number of nitrogens with zero attached hydrogens (tertiary/aromatic N) is 1. The number of fused-ring (bicyclic) bond motifs is 2. The van der Waals surface area contributed by atoms with Crippen LogP contribution in [0.15, 0.2) is 22.7 Å². The highest BCUT2D eigenvalue weighted by Crippen LogP contribution is 2.50. The second-order valence-corrected chi connectivity index (χ2v) is 7.06. The summed E-state index contributed by atoms with van der Waals surface area (Å²) in [5, 5.41) is 0.0100. The van der Waals surface area contributed by atoms with Crippen molar-refractivity contribution in [2.24, 2.45) is 0 Å². The molecule has 2 aromatic rings. The van der Waals surface area contributed by atoms with Crippen molar-refractivity contribution in [3.63, 3.8) is 0 Å². The van der Waals surface area contributed by atoms with E-state index in [1.807, 2.05) is 0 Å². The van der Waals surface area contributed by atoms with Crippen LogP contribution in [0.4, 0.5) is 0 Å². The molecule has 0 amide bonds. The summed E-state index contributed by atoms with van der Waals surface area (Å²) in [6.45, 7) is 5.09. The van der Waals surface area contributed by atoms with Crippen LogP contribution in [0, 0.1) is 6.92 Å². The van der Waals surface area contributed by atoms with Crippen LogP contribution in [-0.2, 0) is 13.6 Å². The molecular formula is C16H16NO6P. The van der Waals surface area contributed by atoms with Crippen molar-refractivity contribution >= 4 is 24.5 Å². The van der Waals surface area contributed by atoms with Crippen molar-refractivity contribution < 1.29 is 27.6 Å². The van der Waals surface area contributed by atoms with Crippen molar-refractivity contribution in [2.45, 2.75) is 20.8 Å². The fraction of sp³-hybridized carbons (Fsp3) is 0.312. The highest BCUT2D eigenvalue weighted by atomic mass is 31.2. The van der Waals surface area contributed by atoms with E-state index in [9.17, 15) is 14.2 Å². The Morgan fingerprint density at radius 2 is 1.83 bits per heavy atom. The number of aryl methyl sites for hydroxylation is 1. The van der Waals surface area contributed by atoms with Gasteiger partial charge < -0.3 is 13.5 Å². The van der Waals surface area contributed by atoms with Gasteiger partial charge in [-0.25, -0.2) is 0 Å². The molecule has 0 unspecified atom stereocenters. The zero-order chi connectivity index (χ0) is 17.5. The van der Waals surface area contributed by atoms with Gasteiger partial charge in [-0.1, -0.05) is 0 Å². The number of aromatic nitrogens is 1. The SMILES string of the molecule is CCOP(=O)(OCC)c1c(C)oc2c1C(=O)c1ncccc1C2=O. The Bertz CT molecular complexity index is 875. The quantitative estimate of drug-likeness (QED) is 0.653. The van der Waals surface area contributed by atoms with Gasteiger partial charge in [0.25, 0.3) is 0 Å². The Kier molecular flexibility index (Phi) is 4.25. The third-order valence-electron chi connectivity index (χ3n) is 3.63. The minimum Gasteiger partial charge on any atom is -0.456 e. The van der Waals surface area contributed by atoms with Crippen LogP contribution >= 0.6 is 7.60 Å². The molecular weight excluding hydrogens is 333 g/mol. The van der Waals surface area contributed by atoms with E-state index in [1.165, 1.54) is 19.2 Å². The lowest BCUT2D eigenvalue weighted by Crippen LogP contribution is -2.27. The van der Waals surface area contributed by atoms with Crippen LogP contribution in [0.25, 0.3) is 0 Å². The number of carbonyl (C=O) groups is 2. The number of furan rings is 1. The van der Waals surface area contributed by atoms with Gasteiger partial charge in [0, 0.05) is 6.20 Å². The molecule has 1 aliphatic carbocycles. The number of hydrogen-bond acceptors (Lipinski definition) is 7. The molecule has 3 rings (SSSR count). The summed E-state index contributed by atoms with van der Waals surface area (Å²) < 4.78 is 29.3. The van der Waals surface area contributed by atoms with Crippen LogP contribution in [0.2, 0.25) is 0 Å². The van der Waals surface area contributed by atoms with Crippen LogP contribution < -0.4 is 5.30 Å². The topological polar surface area (TPSA) is 95.7 Å². The first kappa shape index (κ1) is 16.8. The lowest BCUT2D eigenvalue weighted by Gasteiger charge is -2.19. The molecule has 7 nitrogen and oxygen atoms in total. The minimum atomic E-state index is -3.79. The number of rotatable bonds is 5. The third kappa shape index (κ3) is 2.36. The fourth-order valence-electron chi connectivity index (χ4n) is 2.75. The van der Waals surface area contributed by atoms with Gasteiger partial charge in [-0.15, -0.1) is 0 Å². The van der Waals surface area contributed by atoms with E-state index in [0.717, 1.165) is 0 Å². The van der Waals surface area contributed by atoms with Crippen LogP contribution in [0.5, 0.6) is 0 Å². The number of pyridine rings is 1. The van der Waals surface area contributed by atoms with Gasteiger partial charge in [0.15, 0.2) is 5.76 Å². The third-order valence-corrected chi connectivity index (χ3v) is 5.91. The Morgan fingerprint density at radius 3 is 2.46 bits per heavy atom. The first-order chi connectivity index (χ1) is 11.4. The van der Waals surface area contributed by atoms with E-state index in [2.05, 4.69) is 4.98 Å². The molecule has 2 aromatic heterocycles. The van der Waals surface area contributed by atoms with Gasteiger partial charge in [-0.3, -0.25) is 19.1 Å². The summed E-state index contributed by atoms with van der Waals surface area (Å²) in [7, 11) is -3.79. The lowest BCUT2D eigenvalue weighted by atomic mass is 9.92. The molecule has 0 saturated carbocycles. The first-order valence-electron chi connectivity index (χ1n) is 7.52. The largest absolute Gasteiger partial charge is 0.456 e. The van der Waals surface area contributed by atoms with Crippen molar-refractivity contribution in [1.29, 1.82) is 0 Å². The van der Waals surface area contributed by atoms with Crippen LogP contribution in [0.3, 0.4) is 0 Å². The zero-order valence-corrected chi connectivity index (χ0v) is 14.4. The lowest BCUT2D eigenvalue weighted by molar-refractivity contribution is 0.0956. The Labute approximate surface area is 138 Å². The molecule has 0 spiro atoms. The Morgan fingerprint density at radius 1 is 1.17 bits per heavy atom. The maximum absolute atomic E-state index is 13.1. The van der Waals surface area contributed by atoms with Crippen LogP contribution in [0.1, 0.15) is 51.8 Å². The molecule has 0 fully saturated rings. The summed E-state index contributed by atoms with van der Waals surface area (Å²) in [6, 6.07) is 3.07. The summed E-state index contributed by atoms with van der Waals surface area (Å²) in [4.78, 5) is 29.4. The molecule has 0 saturated heterocycles. The van der Waals surface area contributed by atoms with E-state index in [-0.39, 0.29) is 46.9 Å². The van der Waals surface area contributed by atoms with Gasteiger partial charge in [-0.2, -0.15) is 0 Å². The van der Waals surface area contributed by atoms with E-state index < -0.39 is 19.2 Å². The highest BCUT2D eigenvalue weighted by molar-refractivity contribution is 7.62. The van der Waals surface area contributed by atoms with Crippen molar-refractivity contribution in [3.05, 3.63) is 46.7 Å². The van der Waals surface area contributed by atoms with Gasteiger partial charge >= 0.3 is 7.60 Å². The summed E-state index contributed by atoms with van der Waals surface area (Å²) in [6.07, 6.45) is 1.42. The van der Waals surface area contributed by atoms with Gasteiger partial charge in [0.05, 0.1) is 24.3 Å². The fourth-order valence-corrected chi connectivity index (χ4v) is 4.67. The normalized spacial score (nSPS) is 13.8. The molecule has 0 atom stereocenters. The predicted molar refractivity (Wildman–Crippen MR) is 85.0 cm³/mol. The molecule has 0 radical (unpaired) electrons.